The van der Waals surface area contributed by atoms with Crippen LogP contribution in [0.2, 0.25) is 0 Å². The van der Waals surface area contributed by atoms with Gasteiger partial charge in [0.1, 0.15) is 5.75 Å². The second-order valence-electron chi connectivity index (χ2n) is 8.21. The second-order valence-corrected chi connectivity index (χ2v) is 9.15. The SMILES string of the molecule is COc1ccccc1-c1nnc(SCC(=O)NC(c2ccc3c(c2)OCCCO3)C(C)C)n1N. The number of ether oxygens (including phenoxy) is 3. The second kappa shape index (κ2) is 10.7. The van der Waals surface area contributed by atoms with Crippen LogP contribution in [0.15, 0.2) is 47.6 Å². The number of carbonyl (C=O) groups excluding carboxylic acids is 1. The Hall–Kier alpha value is -3.40. The van der Waals surface area contributed by atoms with Gasteiger partial charge in [0.15, 0.2) is 17.3 Å². The number of fused-ring (bicyclic) bond motifs is 1. The lowest BCUT2D eigenvalue weighted by Gasteiger charge is -2.23. The predicted octanol–water partition coefficient (Wildman–Crippen LogP) is 3.43. The Morgan fingerprint density at radius 1 is 1.18 bits per heavy atom. The average Bonchev–Trinajstić information content (AvgIpc) is 3.04. The third-order valence-electron chi connectivity index (χ3n) is 5.46. The highest BCUT2D eigenvalue weighted by atomic mass is 32.2. The number of nitrogens with zero attached hydrogens (tertiary/aromatic N) is 3. The number of hydrogen-bond acceptors (Lipinski definition) is 8. The number of methoxy groups -OCH3 is 1. The van der Waals surface area contributed by atoms with E-state index in [9.17, 15) is 4.79 Å². The van der Waals surface area contributed by atoms with Gasteiger partial charge in [-0.15, -0.1) is 10.2 Å². The molecule has 9 nitrogen and oxygen atoms in total. The molecule has 1 aromatic heterocycles. The van der Waals surface area contributed by atoms with Crippen LogP contribution < -0.4 is 25.4 Å². The number of aromatic nitrogens is 3. The Morgan fingerprint density at radius 3 is 2.71 bits per heavy atom. The first kappa shape index (κ1) is 23.7. The number of nitrogen functional groups attached to an aromatic ring is 1. The molecular weight excluding hydrogens is 454 g/mol. The molecule has 1 aliphatic heterocycles. The number of nitrogens with one attached hydrogen (secondary N) is 1. The van der Waals surface area contributed by atoms with Crippen LogP contribution in [0.4, 0.5) is 0 Å². The summed E-state index contributed by atoms with van der Waals surface area (Å²) < 4.78 is 18.3. The molecule has 0 fully saturated rings. The van der Waals surface area contributed by atoms with Crippen LogP contribution in [0.3, 0.4) is 0 Å². The Bertz CT molecular complexity index is 1150. The van der Waals surface area contributed by atoms with E-state index in [1.54, 1.807) is 7.11 Å². The number of amides is 1. The standard InChI is InChI=1S/C24H29N5O4S/c1-15(2)22(16-9-10-19-20(13-16)33-12-6-11-32-19)26-21(30)14-34-24-28-27-23(29(24)25)17-7-4-5-8-18(17)31-3/h4-5,7-10,13,15,22H,6,11-12,14,25H2,1-3H3,(H,26,30). The summed E-state index contributed by atoms with van der Waals surface area (Å²) in [4.78, 5) is 12.8. The first-order valence-corrected chi connectivity index (χ1v) is 12.1. The van der Waals surface area contributed by atoms with Gasteiger partial charge in [0.05, 0.1) is 37.7 Å². The van der Waals surface area contributed by atoms with E-state index in [0.717, 1.165) is 23.3 Å². The minimum absolute atomic E-state index is 0.127. The summed E-state index contributed by atoms with van der Waals surface area (Å²) in [5.74, 6) is 8.97. The van der Waals surface area contributed by atoms with Crippen molar-refractivity contribution in [1.29, 1.82) is 0 Å². The number of para-hydroxylation sites is 1. The van der Waals surface area contributed by atoms with Gasteiger partial charge in [-0.2, -0.15) is 0 Å². The number of rotatable bonds is 8. The van der Waals surface area contributed by atoms with Gasteiger partial charge in [-0.1, -0.05) is 43.8 Å². The van der Waals surface area contributed by atoms with Crippen molar-refractivity contribution in [1.82, 2.24) is 20.2 Å². The van der Waals surface area contributed by atoms with Gasteiger partial charge in [-0.05, 0) is 35.7 Å². The van der Waals surface area contributed by atoms with Gasteiger partial charge in [0.2, 0.25) is 11.1 Å². The lowest BCUT2D eigenvalue weighted by atomic mass is 9.95. The van der Waals surface area contributed by atoms with Crippen LogP contribution in [0, 0.1) is 5.92 Å². The van der Waals surface area contributed by atoms with E-state index in [1.165, 1.54) is 16.4 Å². The highest BCUT2D eigenvalue weighted by Gasteiger charge is 2.22. The van der Waals surface area contributed by atoms with E-state index in [0.29, 0.717) is 35.7 Å². The van der Waals surface area contributed by atoms with Crippen molar-refractivity contribution < 1.29 is 19.0 Å². The fourth-order valence-electron chi connectivity index (χ4n) is 3.74. The summed E-state index contributed by atoms with van der Waals surface area (Å²) in [6.45, 7) is 5.38. The zero-order valence-corrected chi connectivity index (χ0v) is 20.3. The molecule has 0 spiro atoms. The van der Waals surface area contributed by atoms with Crippen LogP contribution >= 0.6 is 11.8 Å². The lowest BCUT2D eigenvalue weighted by Crippen LogP contribution is -2.33. The molecular formula is C24H29N5O4S. The van der Waals surface area contributed by atoms with Gasteiger partial charge >= 0.3 is 0 Å². The molecule has 4 rings (SSSR count). The number of benzene rings is 2. The highest BCUT2D eigenvalue weighted by Crippen LogP contribution is 2.34. The molecule has 2 heterocycles. The topological polar surface area (TPSA) is 114 Å². The van der Waals surface area contributed by atoms with E-state index >= 15 is 0 Å². The molecule has 0 bridgehead atoms. The maximum absolute atomic E-state index is 12.8. The molecule has 34 heavy (non-hydrogen) atoms. The van der Waals surface area contributed by atoms with Gasteiger partial charge in [0.25, 0.3) is 0 Å². The third kappa shape index (κ3) is 5.22. The van der Waals surface area contributed by atoms with Crippen LogP contribution in [0.25, 0.3) is 11.4 Å². The van der Waals surface area contributed by atoms with Crippen LogP contribution in [-0.2, 0) is 4.79 Å². The average molecular weight is 484 g/mol. The minimum Gasteiger partial charge on any atom is -0.496 e. The molecule has 1 aliphatic rings. The number of nitrogens with two attached hydrogens (primary N) is 1. The molecule has 0 aliphatic carbocycles. The predicted molar refractivity (Wildman–Crippen MR) is 131 cm³/mol. The van der Waals surface area contributed by atoms with Crippen molar-refractivity contribution in [3.05, 3.63) is 48.0 Å². The van der Waals surface area contributed by atoms with Crippen LogP contribution in [0.1, 0.15) is 31.9 Å². The Kier molecular flexibility index (Phi) is 7.46. The monoisotopic (exact) mass is 483 g/mol. The van der Waals surface area contributed by atoms with E-state index < -0.39 is 0 Å². The summed E-state index contributed by atoms with van der Waals surface area (Å²) in [5.41, 5.74) is 1.70. The fraction of sp³-hybridized carbons (Fsp3) is 0.375. The molecule has 0 saturated heterocycles. The number of thioether (sulfide) groups is 1. The molecule has 2 aromatic carbocycles. The Morgan fingerprint density at radius 2 is 1.94 bits per heavy atom. The zero-order chi connectivity index (χ0) is 24.1. The van der Waals surface area contributed by atoms with E-state index in [2.05, 4.69) is 29.4 Å². The molecule has 1 unspecified atom stereocenters. The van der Waals surface area contributed by atoms with Gasteiger partial charge in [-0.3, -0.25) is 4.79 Å². The maximum atomic E-state index is 12.8. The van der Waals surface area contributed by atoms with E-state index in [1.807, 2.05) is 42.5 Å². The van der Waals surface area contributed by atoms with Crippen molar-refractivity contribution in [2.45, 2.75) is 31.5 Å². The number of carbonyl (C=O) groups is 1. The summed E-state index contributed by atoms with van der Waals surface area (Å²) in [6, 6.07) is 13.1. The fourth-order valence-corrected chi connectivity index (χ4v) is 4.41. The molecule has 1 amide bonds. The molecule has 3 N–H and O–H groups in total. The van der Waals surface area contributed by atoms with Gasteiger partial charge in [-0.25, -0.2) is 4.68 Å². The smallest absolute Gasteiger partial charge is 0.230 e. The summed E-state index contributed by atoms with van der Waals surface area (Å²) in [7, 11) is 1.59. The molecule has 0 saturated carbocycles. The Balaban J connectivity index is 1.43. The quantitative estimate of drug-likeness (QED) is 0.370. The lowest BCUT2D eigenvalue weighted by molar-refractivity contribution is -0.119. The van der Waals surface area contributed by atoms with Crippen molar-refractivity contribution in [3.63, 3.8) is 0 Å². The van der Waals surface area contributed by atoms with Crippen LogP contribution in [-0.4, -0.2) is 46.9 Å². The van der Waals surface area contributed by atoms with Gasteiger partial charge in [0, 0.05) is 6.42 Å². The van der Waals surface area contributed by atoms with Crippen molar-refractivity contribution >= 4 is 17.7 Å². The third-order valence-corrected chi connectivity index (χ3v) is 6.40. The van der Waals surface area contributed by atoms with Crippen molar-refractivity contribution in [2.75, 3.05) is 31.9 Å². The molecule has 3 aromatic rings. The molecule has 180 valence electrons. The molecule has 0 radical (unpaired) electrons. The highest BCUT2D eigenvalue weighted by molar-refractivity contribution is 7.99. The van der Waals surface area contributed by atoms with Crippen molar-refractivity contribution in [3.8, 4) is 28.6 Å². The summed E-state index contributed by atoms with van der Waals surface area (Å²) in [6.07, 6.45) is 0.843. The first-order chi connectivity index (χ1) is 16.5. The molecule has 1 atom stereocenters. The molecule has 10 heteroatoms. The Labute approximate surface area is 203 Å². The normalized spacial score (nSPS) is 13.9. The van der Waals surface area contributed by atoms with Gasteiger partial charge < -0.3 is 25.4 Å². The largest absolute Gasteiger partial charge is 0.496 e. The van der Waals surface area contributed by atoms with E-state index in [4.69, 9.17) is 20.1 Å². The minimum atomic E-state index is -0.176. The van der Waals surface area contributed by atoms with Crippen molar-refractivity contribution in [2.24, 2.45) is 5.92 Å². The number of hydrogen-bond donors (Lipinski definition) is 2. The zero-order valence-electron chi connectivity index (χ0n) is 19.5. The van der Waals surface area contributed by atoms with E-state index in [-0.39, 0.29) is 23.6 Å². The summed E-state index contributed by atoms with van der Waals surface area (Å²) >= 11 is 1.23. The first-order valence-electron chi connectivity index (χ1n) is 11.1. The summed E-state index contributed by atoms with van der Waals surface area (Å²) in [5, 5.41) is 11.9. The maximum Gasteiger partial charge on any atom is 0.230 e. The van der Waals surface area contributed by atoms with Crippen LogP contribution in [0.5, 0.6) is 17.2 Å².